The summed E-state index contributed by atoms with van der Waals surface area (Å²) in [5.74, 6) is 4.24. The molecule has 6 nitrogen and oxygen atoms in total. The smallest absolute Gasteiger partial charge is 0.219 e. The minimum absolute atomic E-state index is 0. The molecule has 218 valence electrons. The van der Waals surface area contributed by atoms with Gasteiger partial charge in [-0.15, -0.1) is 22.6 Å². The maximum absolute atomic E-state index is 13.8. The molecule has 0 unspecified atom stereocenters. The van der Waals surface area contributed by atoms with E-state index in [-0.39, 0.29) is 35.9 Å². The van der Waals surface area contributed by atoms with E-state index in [1.165, 1.54) is 44.1 Å². The second kappa shape index (κ2) is 11.2. The number of aromatic nitrogens is 3. The number of carbonyl (C=O) groups is 2. The van der Waals surface area contributed by atoms with Crippen molar-refractivity contribution in [3.63, 3.8) is 0 Å². The first-order valence-electron chi connectivity index (χ1n) is 15.4. The third kappa shape index (κ3) is 5.75. The fourth-order valence-corrected chi connectivity index (χ4v) is 7.72. The second-order valence-corrected chi connectivity index (χ2v) is 14.2. The summed E-state index contributed by atoms with van der Waals surface area (Å²) < 4.78 is 2.43. The van der Waals surface area contributed by atoms with E-state index < -0.39 is 0 Å². The third-order valence-corrected chi connectivity index (χ3v) is 10.6. The van der Waals surface area contributed by atoms with Gasteiger partial charge in [-0.05, 0) is 93.6 Å². The number of likely N-dealkylation sites (tertiary alicyclic amines) is 1. The average Bonchev–Trinajstić information content (AvgIpc) is 3.43. The van der Waals surface area contributed by atoms with Crippen LogP contribution in [0.5, 0.6) is 0 Å². The monoisotopic (exact) mass is 566 g/mol. The average molecular weight is 567 g/mol. The molecule has 0 spiro atoms. The number of halogens is 1. The molecule has 0 N–H and O–H groups in total. The van der Waals surface area contributed by atoms with Crippen LogP contribution in [0.15, 0.2) is 18.2 Å². The maximum Gasteiger partial charge on any atom is 0.219 e. The summed E-state index contributed by atoms with van der Waals surface area (Å²) in [5, 5.41) is 9.62. The molecule has 2 atom stereocenters. The van der Waals surface area contributed by atoms with Crippen molar-refractivity contribution >= 4 is 24.1 Å². The number of Topliss-reactive ketones (excluding diaryl/α,β-unsaturated/α-hetero) is 1. The van der Waals surface area contributed by atoms with Crippen molar-refractivity contribution in [1.29, 1.82) is 0 Å². The quantitative estimate of drug-likeness (QED) is 0.372. The number of nitrogens with zero attached hydrogens (tertiary/aromatic N) is 4. The first kappa shape index (κ1) is 29.3. The van der Waals surface area contributed by atoms with E-state index in [9.17, 15) is 9.59 Å². The van der Waals surface area contributed by atoms with Crippen molar-refractivity contribution < 1.29 is 9.59 Å². The number of rotatable bonds is 7. The normalized spacial score (nSPS) is 28.2. The highest BCUT2D eigenvalue weighted by Gasteiger charge is 2.46. The van der Waals surface area contributed by atoms with Gasteiger partial charge in [0.2, 0.25) is 5.91 Å². The van der Waals surface area contributed by atoms with Crippen molar-refractivity contribution in [2.75, 3.05) is 13.1 Å². The topological polar surface area (TPSA) is 68.1 Å². The van der Waals surface area contributed by atoms with Gasteiger partial charge in [-0.2, -0.15) is 0 Å². The van der Waals surface area contributed by atoms with Crippen LogP contribution in [0, 0.1) is 37.0 Å². The molecule has 6 rings (SSSR count). The molecule has 1 aliphatic heterocycles. The molecule has 0 radical (unpaired) electrons. The molecule has 1 saturated heterocycles. The summed E-state index contributed by atoms with van der Waals surface area (Å²) in [4.78, 5) is 28.1. The van der Waals surface area contributed by atoms with E-state index in [0.717, 1.165) is 47.5 Å². The van der Waals surface area contributed by atoms with Crippen LogP contribution >= 0.6 is 12.4 Å². The van der Waals surface area contributed by atoms with E-state index in [2.05, 4.69) is 50.5 Å². The van der Waals surface area contributed by atoms with E-state index in [1.807, 2.05) is 4.90 Å². The Labute approximate surface area is 246 Å². The maximum atomic E-state index is 13.8. The van der Waals surface area contributed by atoms with Crippen LogP contribution in [0.4, 0.5) is 0 Å². The van der Waals surface area contributed by atoms with Crippen LogP contribution in [0.3, 0.4) is 0 Å². The van der Waals surface area contributed by atoms with Gasteiger partial charge in [-0.3, -0.25) is 9.59 Å². The molecule has 1 amide bonds. The van der Waals surface area contributed by atoms with Gasteiger partial charge in [0.25, 0.3) is 0 Å². The Hall–Kier alpha value is -2.21. The molecule has 4 fully saturated rings. The number of benzene rings is 1. The molecule has 7 heteroatoms. The Balaban J connectivity index is 0.00000323. The van der Waals surface area contributed by atoms with Gasteiger partial charge in [0, 0.05) is 50.2 Å². The van der Waals surface area contributed by atoms with Gasteiger partial charge >= 0.3 is 0 Å². The zero-order chi connectivity index (χ0) is 27.5. The molecular weight excluding hydrogens is 520 g/mol. The molecule has 2 aromatic rings. The Morgan fingerprint density at radius 1 is 0.950 bits per heavy atom. The van der Waals surface area contributed by atoms with Crippen molar-refractivity contribution in [2.24, 2.45) is 23.2 Å². The summed E-state index contributed by atoms with van der Waals surface area (Å²) in [6.45, 7) is 11.7. The molecular formula is C33H47ClN4O2. The Morgan fingerprint density at radius 3 is 2.25 bits per heavy atom. The fourth-order valence-electron chi connectivity index (χ4n) is 7.72. The third-order valence-electron chi connectivity index (χ3n) is 10.6. The van der Waals surface area contributed by atoms with Crippen molar-refractivity contribution in [3.8, 4) is 0 Å². The lowest BCUT2D eigenvalue weighted by molar-refractivity contribution is -0.128. The Morgan fingerprint density at radius 2 is 1.62 bits per heavy atom. The van der Waals surface area contributed by atoms with E-state index in [0.29, 0.717) is 36.9 Å². The summed E-state index contributed by atoms with van der Waals surface area (Å²) in [5.41, 5.74) is 3.97. The van der Waals surface area contributed by atoms with Gasteiger partial charge in [-0.25, -0.2) is 0 Å². The minimum atomic E-state index is -0.233. The predicted molar refractivity (Wildman–Crippen MR) is 160 cm³/mol. The number of amides is 1. The zero-order valence-electron chi connectivity index (χ0n) is 25.0. The molecule has 4 aliphatic rings. The predicted octanol–water partition coefficient (Wildman–Crippen LogP) is 6.74. The van der Waals surface area contributed by atoms with Crippen molar-refractivity contribution in [2.45, 2.75) is 110 Å². The van der Waals surface area contributed by atoms with Crippen molar-refractivity contribution in [1.82, 2.24) is 19.7 Å². The van der Waals surface area contributed by atoms with Gasteiger partial charge in [0.05, 0.1) is 0 Å². The zero-order valence-corrected chi connectivity index (χ0v) is 25.8. The second-order valence-electron chi connectivity index (χ2n) is 14.2. The van der Waals surface area contributed by atoms with E-state index >= 15 is 0 Å². The molecule has 40 heavy (non-hydrogen) atoms. The van der Waals surface area contributed by atoms with Gasteiger partial charge in [0.15, 0.2) is 0 Å². The molecule has 3 aliphatic carbocycles. The molecule has 1 aromatic carbocycles. The summed E-state index contributed by atoms with van der Waals surface area (Å²) >= 11 is 0. The van der Waals surface area contributed by atoms with Gasteiger partial charge < -0.3 is 9.47 Å². The lowest BCUT2D eigenvalue weighted by atomic mass is 9.61. The standard InChI is InChI=1S/C33H46N4O2.ClH/c1-20-6-7-24(21(2)14-20)17-30(39)28-18-36(22(3)38)19-29(28)32-35-34-31(37(32)27-8-9-27)26-15-25(16-26)23-10-12-33(4,5)13-11-23;/h6-7,14,23,25-29H,8-13,15-19H2,1-5H3;1H/t25?,26?,28-,29-;/m1./s1. The lowest BCUT2D eigenvalue weighted by Crippen LogP contribution is -2.34. The number of ketones is 1. The highest BCUT2D eigenvalue weighted by Crippen LogP contribution is 2.53. The van der Waals surface area contributed by atoms with Crippen molar-refractivity contribution in [3.05, 3.63) is 46.5 Å². The number of aryl methyl sites for hydroxylation is 2. The van der Waals surface area contributed by atoms with E-state index in [4.69, 9.17) is 10.2 Å². The number of carbonyl (C=O) groups excluding carboxylic acids is 2. The Kier molecular flexibility index (Phi) is 8.22. The molecule has 1 aromatic heterocycles. The lowest BCUT2D eigenvalue weighted by Gasteiger charge is -2.44. The summed E-state index contributed by atoms with van der Waals surface area (Å²) in [6.07, 6.45) is 10.7. The minimum Gasteiger partial charge on any atom is -0.341 e. The largest absolute Gasteiger partial charge is 0.341 e. The van der Waals surface area contributed by atoms with Crippen LogP contribution < -0.4 is 0 Å². The number of hydrogen-bond donors (Lipinski definition) is 0. The molecule has 0 bridgehead atoms. The fraction of sp³-hybridized carbons (Fsp3) is 0.697. The number of hydrogen-bond acceptors (Lipinski definition) is 4. The summed E-state index contributed by atoms with van der Waals surface area (Å²) in [7, 11) is 0. The first-order chi connectivity index (χ1) is 18.6. The molecule has 2 heterocycles. The Bertz CT molecular complexity index is 1250. The molecule has 3 saturated carbocycles. The van der Waals surface area contributed by atoms with Gasteiger partial charge in [0.1, 0.15) is 17.4 Å². The van der Waals surface area contributed by atoms with Crippen LogP contribution in [-0.2, 0) is 16.0 Å². The van der Waals surface area contributed by atoms with Crippen LogP contribution in [0.1, 0.15) is 118 Å². The van der Waals surface area contributed by atoms with Crippen LogP contribution in [0.25, 0.3) is 0 Å². The SMILES string of the molecule is CC(=O)N1C[C@@H](C(=O)Cc2ccc(C)cc2C)[C@H](c2nnc(C3CC(C4CCC(C)(C)CC4)C3)n2C2CC2)C1.Cl. The van der Waals surface area contributed by atoms with Crippen LogP contribution in [-0.4, -0.2) is 44.4 Å². The van der Waals surface area contributed by atoms with Crippen LogP contribution in [0.2, 0.25) is 0 Å². The first-order valence-corrected chi connectivity index (χ1v) is 15.4. The highest BCUT2D eigenvalue weighted by atomic mass is 35.5. The highest BCUT2D eigenvalue weighted by molar-refractivity contribution is 5.86. The van der Waals surface area contributed by atoms with Gasteiger partial charge in [-0.1, -0.05) is 37.6 Å². The summed E-state index contributed by atoms with van der Waals surface area (Å²) in [6, 6.07) is 6.77. The van der Waals surface area contributed by atoms with E-state index in [1.54, 1.807) is 6.92 Å².